The highest BCUT2D eigenvalue weighted by molar-refractivity contribution is 9.10. The number of hydrogen-bond donors (Lipinski definition) is 1. The highest BCUT2D eigenvalue weighted by atomic mass is 79.9. The Labute approximate surface area is 161 Å². The van der Waals surface area contributed by atoms with Crippen molar-refractivity contribution in [2.75, 3.05) is 13.6 Å². The van der Waals surface area contributed by atoms with E-state index in [1.165, 1.54) is 12.1 Å². The second kappa shape index (κ2) is 8.80. The van der Waals surface area contributed by atoms with Crippen LogP contribution in [0.4, 0.5) is 0 Å². The Hall–Kier alpha value is -1.41. The van der Waals surface area contributed by atoms with Gasteiger partial charge in [-0.25, -0.2) is 13.1 Å². The Kier molecular flexibility index (Phi) is 7.01. The van der Waals surface area contributed by atoms with E-state index in [-0.39, 0.29) is 28.8 Å². The summed E-state index contributed by atoms with van der Waals surface area (Å²) < 4.78 is 27.6. The van der Waals surface area contributed by atoms with Gasteiger partial charge >= 0.3 is 0 Å². The van der Waals surface area contributed by atoms with Crippen molar-refractivity contribution >= 4 is 43.5 Å². The third-order valence-corrected chi connectivity index (χ3v) is 5.94. The summed E-state index contributed by atoms with van der Waals surface area (Å²) in [4.78, 5) is 13.7. The van der Waals surface area contributed by atoms with E-state index in [1.807, 2.05) is 30.3 Å². The van der Waals surface area contributed by atoms with Gasteiger partial charge in [-0.1, -0.05) is 57.9 Å². The Morgan fingerprint density at radius 1 is 1.20 bits per heavy atom. The lowest BCUT2D eigenvalue weighted by Gasteiger charge is -2.17. The zero-order valence-corrected chi connectivity index (χ0v) is 16.7. The highest BCUT2D eigenvalue weighted by Crippen LogP contribution is 2.24. The van der Waals surface area contributed by atoms with E-state index in [9.17, 15) is 13.2 Å². The van der Waals surface area contributed by atoms with E-state index in [0.29, 0.717) is 11.0 Å². The van der Waals surface area contributed by atoms with Crippen LogP contribution in [-0.2, 0) is 21.4 Å². The lowest BCUT2D eigenvalue weighted by molar-refractivity contribution is -0.130. The number of nitrogens with one attached hydrogen (secondary N) is 1. The molecule has 8 heteroatoms. The molecule has 0 atom stereocenters. The molecule has 1 amide bonds. The molecule has 0 saturated carbocycles. The standard InChI is InChI=1S/C17H18BrClN2O3S/c1-21(12-13-5-3-2-4-6-13)17(22)9-10-20-25(23,24)16-8-7-14(18)11-15(16)19/h2-8,11,20H,9-10,12H2,1H3. The van der Waals surface area contributed by atoms with Crippen LogP contribution in [0.2, 0.25) is 5.02 Å². The molecule has 0 saturated heterocycles. The Morgan fingerprint density at radius 2 is 1.88 bits per heavy atom. The van der Waals surface area contributed by atoms with Gasteiger partial charge in [-0.15, -0.1) is 0 Å². The number of sulfonamides is 1. The maximum absolute atomic E-state index is 12.3. The van der Waals surface area contributed by atoms with Gasteiger partial charge in [0.15, 0.2) is 0 Å². The lowest BCUT2D eigenvalue weighted by Crippen LogP contribution is -2.32. The molecule has 1 N–H and O–H groups in total. The van der Waals surface area contributed by atoms with E-state index in [2.05, 4.69) is 20.7 Å². The molecule has 134 valence electrons. The van der Waals surface area contributed by atoms with Crippen LogP contribution >= 0.6 is 27.5 Å². The molecule has 0 radical (unpaired) electrons. The van der Waals surface area contributed by atoms with Gasteiger partial charge in [-0.3, -0.25) is 4.79 Å². The topological polar surface area (TPSA) is 66.5 Å². The number of benzene rings is 2. The first-order chi connectivity index (χ1) is 11.8. The average molecular weight is 446 g/mol. The lowest BCUT2D eigenvalue weighted by atomic mass is 10.2. The van der Waals surface area contributed by atoms with Crippen LogP contribution in [0.1, 0.15) is 12.0 Å². The van der Waals surface area contributed by atoms with Gasteiger partial charge in [-0.05, 0) is 23.8 Å². The number of carbonyl (C=O) groups excluding carboxylic acids is 1. The quantitative estimate of drug-likeness (QED) is 0.710. The molecule has 2 rings (SSSR count). The smallest absolute Gasteiger partial charge is 0.242 e. The molecule has 0 spiro atoms. The summed E-state index contributed by atoms with van der Waals surface area (Å²) in [5.41, 5.74) is 1.01. The Bertz CT molecular complexity index is 844. The summed E-state index contributed by atoms with van der Waals surface area (Å²) in [6, 6.07) is 14.1. The van der Waals surface area contributed by atoms with E-state index in [1.54, 1.807) is 18.0 Å². The van der Waals surface area contributed by atoms with Crippen LogP contribution < -0.4 is 4.72 Å². The molecule has 0 aliphatic carbocycles. The molecular weight excluding hydrogens is 428 g/mol. The van der Waals surface area contributed by atoms with Crippen molar-refractivity contribution in [1.29, 1.82) is 0 Å². The predicted molar refractivity (Wildman–Crippen MR) is 102 cm³/mol. The minimum atomic E-state index is -3.76. The third kappa shape index (κ3) is 5.81. The number of halogens is 2. The normalized spacial score (nSPS) is 11.3. The fourth-order valence-electron chi connectivity index (χ4n) is 2.20. The summed E-state index contributed by atoms with van der Waals surface area (Å²) in [6.45, 7) is 0.484. The van der Waals surface area contributed by atoms with E-state index in [4.69, 9.17) is 11.6 Å². The molecular formula is C17H18BrClN2O3S. The second-order valence-electron chi connectivity index (χ2n) is 5.46. The fraction of sp³-hybridized carbons (Fsp3) is 0.235. The van der Waals surface area contributed by atoms with Gasteiger partial charge in [-0.2, -0.15) is 0 Å². The number of amides is 1. The maximum Gasteiger partial charge on any atom is 0.242 e. The first kappa shape index (κ1) is 19.9. The van der Waals surface area contributed by atoms with Crippen LogP contribution in [-0.4, -0.2) is 32.8 Å². The zero-order chi connectivity index (χ0) is 18.4. The summed E-state index contributed by atoms with van der Waals surface area (Å²) >= 11 is 9.20. The van der Waals surface area contributed by atoms with Gasteiger partial charge in [0.25, 0.3) is 0 Å². The molecule has 5 nitrogen and oxygen atoms in total. The largest absolute Gasteiger partial charge is 0.341 e. The average Bonchev–Trinajstić information content (AvgIpc) is 2.55. The van der Waals surface area contributed by atoms with Crippen molar-refractivity contribution in [3.63, 3.8) is 0 Å². The van der Waals surface area contributed by atoms with E-state index >= 15 is 0 Å². The van der Waals surface area contributed by atoms with Crippen molar-refractivity contribution in [1.82, 2.24) is 9.62 Å². The number of hydrogen-bond acceptors (Lipinski definition) is 3. The fourth-order valence-corrected chi connectivity index (χ4v) is 4.27. The number of carbonyl (C=O) groups is 1. The van der Waals surface area contributed by atoms with E-state index in [0.717, 1.165) is 5.56 Å². The number of rotatable bonds is 7. The van der Waals surface area contributed by atoms with E-state index < -0.39 is 10.0 Å². The van der Waals surface area contributed by atoms with Crippen LogP contribution in [0, 0.1) is 0 Å². The third-order valence-electron chi connectivity index (χ3n) is 3.50. The molecule has 2 aromatic carbocycles. The maximum atomic E-state index is 12.3. The first-order valence-electron chi connectivity index (χ1n) is 7.52. The van der Waals surface area contributed by atoms with Crippen molar-refractivity contribution in [3.8, 4) is 0 Å². The zero-order valence-electron chi connectivity index (χ0n) is 13.6. The summed E-state index contributed by atoms with van der Waals surface area (Å²) in [6.07, 6.45) is 0.0662. The van der Waals surface area contributed by atoms with Crippen molar-refractivity contribution in [2.24, 2.45) is 0 Å². The summed E-state index contributed by atoms with van der Waals surface area (Å²) in [5, 5.41) is 0.120. The van der Waals surface area contributed by atoms with Gasteiger partial charge < -0.3 is 4.90 Å². The predicted octanol–water partition coefficient (Wildman–Crippen LogP) is 3.43. The number of nitrogens with zero attached hydrogens (tertiary/aromatic N) is 1. The minimum Gasteiger partial charge on any atom is -0.341 e. The Balaban J connectivity index is 1.89. The van der Waals surface area contributed by atoms with Gasteiger partial charge in [0.1, 0.15) is 4.90 Å². The monoisotopic (exact) mass is 444 g/mol. The SMILES string of the molecule is CN(Cc1ccccc1)C(=O)CCNS(=O)(=O)c1ccc(Br)cc1Cl. The van der Waals surface area contributed by atoms with Crippen molar-refractivity contribution in [3.05, 3.63) is 63.6 Å². The van der Waals surface area contributed by atoms with Crippen molar-refractivity contribution < 1.29 is 13.2 Å². The molecule has 2 aromatic rings. The molecule has 0 aliphatic heterocycles. The van der Waals surface area contributed by atoms with Gasteiger partial charge in [0.05, 0.1) is 5.02 Å². The molecule has 0 aromatic heterocycles. The van der Waals surface area contributed by atoms with Gasteiger partial charge in [0.2, 0.25) is 15.9 Å². The highest BCUT2D eigenvalue weighted by Gasteiger charge is 2.18. The minimum absolute atomic E-state index is 0.00664. The van der Waals surface area contributed by atoms with Crippen LogP contribution in [0.15, 0.2) is 57.9 Å². The summed E-state index contributed by atoms with van der Waals surface area (Å²) in [7, 11) is -2.07. The Morgan fingerprint density at radius 3 is 2.52 bits per heavy atom. The summed E-state index contributed by atoms with van der Waals surface area (Å²) in [5.74, 6) is -0.145. The van der Waals surface area contributed by atoms with Gasteiger partial charge in [0, 0.05) is 31.0 Å². The molecule has 0 unspecified atom stereocenters. The van der Waals surface area contributed by atoms with Crippen molar-refractivity contribution in [2.45, 2.75) is 17.9 Å². The first-order valence-corrected chi connectivity index (χ1v) is 10.2. The van der Waals surface area contributed by atoms with Crippen LogP contribution in [0.5, 0.6) is 0 Å². The second-order valence-corrected chi connectivity index (χ2v) is 8.52. The molecule has 0 fully saturated rings. The van der Waals surface area contributed by atoms with Crippen LogP contribution in [0.3, 0.4) is 0 Å². The molecule has 25 heavy (non-hydrogen) atoms. The molecule has 0 bridgehead atoms. The molecule has 0 aliphatic rings. The molecule has 0 heterocycles. The van der Waals surface area contributed by atoms with Crippen LogP contribution in [0.25, 0.3) is 0 Å².